The number of hydrogen-bond donors (Lipinski definition) is 5. The lowest BCUT2D eigenvalue weighted by Gasteiger charge is -2.27. The highest BCUT2D eigenvalue weighted by Crippen LogP contribution is 2.17. The van der Waals surface area contributed by atoms with Gasteiger partial charge in [-0.15, -0.1) is 0 Å². The van der Waals surface area contributed by atoms with E-state index in [9.17, 15) is 25.2 Å². The van der Waals surface area contributed by atoms with Crippen LogP contribution < -0.4 is 5.32 Å². The summed E-state index contributed by atoms with van der Waals surface area (Å²) in [5.74, 6) is -0.579. The summed E-state index contributed by atoms with van der Waals surface area (Å²) in [6.07, 6.45) is 44.4. The Kier molecular flexibility index (Phi) is 40.9. The van der Waals surface area contributed by atoms with E-state index in [-0.39, 0.29) is 0 Å². The first-order valence-electron chi connectivity index (χ1n) is 23.4. The minimum absolute atomic E-state index is 0.376. The Balaban J connectivity index is 3.59. The van der Waals surface area contributed by atoms with Crippen molar-refractivity contribution in [2.75, 3.05) is 6.61 Å². The molecule has 0 rings (SSSR count). The summed E-state index contributed by atoms with van der Waals surface area (Å²) >= 11 is 0. The van der Waals surface area contributed by atoms with Crippen LogP contribution in [0.3, 0.4) is 0 Å². The molecule has 0 heterocycles. The Morgan fingerprint density at radius 1 is 0.404 bits per heavy atom. The van der Waals surface area contributed by atoms with Crippen molar-refractivity contribution in [1.29, 1.82) is 0 Å². The number of hydrogen-bond acceptors (Lipinski definition) is 5. The van der Waals surface area contributed by atoms with Gasteiger partial charge in [0.25, 0.3) is 0 Å². The molecule has 0 bridgehead atoms. The maximum absolute atomic E-state index is 12.5. The van der Waals surface area contributed by atoms with Gasteiger partial charge in [0.1, 0.15) is 12.2 Å². The maximum atomic E-state index is 12.5. The molecule has 0 aromatic heterocycles. The van der Waals surface area contributed by atoms with Crippen molar-refractivity contribution in [3.05, 3.63) is 0 Å². The standard InChI is InChI=1S/C46H93NO5/c1-3-5-7-9-11-13-15-16-17-18-19-20-21-22-23-24-25-26-27-28-30-32-34-36-38-40-44(50)46(52)47-42(41-48)45(51)43(49)39-37-35-33-31-29-14-12-10-8-6-4-2/h42-45,48-51H,3-41H2,1-2H3,(H,47,52). The van der Waals surface area contributed by atoms with Crippen LogP contribution in [0.15, 0.2) is 0 Å². The van der Waals surface area contributed by atoms with Gasteiger partial charge in [0, 0.05) is 0 Å². The molecule has 0 aromatic rings. The van der Waals surface area contributed by atoms with Crippen molar-refractivity contribution in [3.63, 3.8) is 0 Å². The molecule has 0 fully saturated rings. The second-order valence-electron chi connectivity index (χ2n) is 16.5. The van der Waals surface area contributed by atoms with Gasteiger partial charge in [0.15, 0.2) is 0 Å². The fraction of sp³-hybridized carbons (Fsp3) is 0.978. The van der Waals surface area contributed by atoms with E-state index in [0.29, 0.717) is 12.8 Å². The van der Waals surface area contributed by atoms with Crippen LogP contribution in [-0.4, -0.2) is 57.3 Å². The van der Waals surface area contributed by atoms with E-state index >= 15 is 0 Å². The monoisotopic (exact) mass is 740 g/mol. The fourth-order valence-corrected chi connectivity index (χ4v) is 7.58. The van der Waals surface area contributed by atoms with Crippen LogP contribution in [0.25, 0.3) is 0 Å². The van der Waals surface area contributed by atoms with Crippen LogP contribution in [0.4, 0.5) is 0 Å². The molecule has 1 amide bonds. The Morgan fingerprint density at radius 3 is 0.923 bits per heavy atom. The molecule has 0 aliphatic carbocycles. The molecule has 0 radical (unpaired) electrons. The SMILES string of the molecule is CCCCCCCCCCCCCCCCCCCCCCCCCCCC(O)C(=O)NC(CO)C(O)C(O)CCCCCCCCCCCCC. The first-order chi connectivity index (χ1) is 25.5. The van der Waals surface area contributed by atoms with Crippen molar-refractivity contribution in [2.24, 2.45) is 0 Å². The second-order valence-corrected chi connectivity index (χ2v) is 16.5. The molecule has 0 saturated carbocycles. The van der Waals surface area contributed by atoms with E-state index in [4.69, 9.17) is 0 Å². The predicted molar refractivity (Wildman–Crippen MR) is 224 cm³/mol. The van der Waals surface area contributed by atoms with Crippen LogP contribution in [0.2, 0.25) is 0 Å². The van der Waals surface area contributed by atoms with Crippen molar-refractivity contribution in [2.45, 2.75) is 282 Å². The van der Waals surface area contributed by atoms with Crippen molar-refractivity contribution in [1.82, 2.24) is 5.32 Å². The van der Waals surface area contributed by atoms with E-state index in [1.165, 1.54) is 193 Å². The Hall–Kier alpha value is -0.690. The number of nitrogens with one attached hydrogen (secondary N) is 1. The van der Waals surface area contributed by atoms with Crippen LogP contribution in [0.5, 0.6) is 0 Å². The average molecular weight is 740 g/mol. The van der Waals surface area contributed by atoms with Crippen LogP contribution in [0.1, 0.15) is 258 Å². The number of aliphatic hydroxyl groups is 4. The summed E-state index contributed by atoms with van der Waals surface area (Å²) < 4.78 is 0. The molecule has 0 aliphatic heterocycles. The lowest BCUT2D eigenvalue weighted by atomic mass is 9.99. The van der Waals surface area contributed by atoms with E-state index in [1.54, 1.807) is 0 Å². The van der Waals surface area contributed by atoms with Crippen LogP contribution in [0, 0.1) is 0 Å². The average Bonchev–Trinajstić information content (AvgIpc) is 3.15. The third-order valence-corrected chi connectivity index (χ3v) is 11.3. The van der Waals surface area contributed by atoms with Crippen molar-refractivity contribution in [3.8, 4) is 0 Å². The van der Waals surface area contributed by atoms with Crippen molar-refractivity contribution >= 4 is 5.91 Å². The van der Waals surface area contributed by atoms with E-state index < -0.39 is 36.9 Å². The van der Waals surface area contributed by atoms with Crippen LogP contribution in [-0.2, 0) is 4.79 Å². The molecule has 312 valence electrons. The highest BCUT2D eigenvalue weighted by molar-refractivity contribution is 5.80. The van der Waals surface area contributed by atoms with Crippen molar-refractivity contribution < 1.29 is 25.2 Å². The zero-order valence-corrected chi connectivity index (χ0v) is 35.1. The van der Waals surface area contributed by atoms with E-state index in [1.807, 2.05) is 0 Å². The smallest absolute Gasteiger partial charge is 0.249 e. The quantitative estimate of drug-likeness (QED) is 0.0400. The summed E-state index contributed by atoms with van der Waals surface area (Å²) in [7, 11) is 0. The predicted octanol–water partition coefficient (Wildman–Crippen LogP) is 12.4. The Labute approximate surface area is 324 Å². The number of carbonyl (C=O) groups excluding carboxylic acids is 1. The molecule has 4 atom stereocenters. The highest BCUT2D eigenvalue weighted by Gasteiger charge is 2.28. The third kappa shape index (κ3) is 35.0. The molecule has 6 heteroatoms. The van der Waals surface area contributed by atoms with Gasteiger partial charge in [0.05, 0.1) is 18.8 Å². The van der Waals surface area contributed by atoms with Gasteiger partial charge in [-0.05, 0) is 12.8 Å². The first kappa shape index (κ1) is 51.3. The fourth-order valence-electron chi connectivity index (χ4n) is 7.58. The second kappa shape index (κ2) is 41.5. The van der Waals surface area contributed by atoms with Gasteiger partial charge in [-0.3, -0.25) is 4.79 Å². The number of amides is 1. The lowest BCUT2D eigenvalue weighted by Crippen LogP contribution is -2.53. The molecular formula is C46H93NO5. The van der Waals surface area contributed by atoms with Crippen LogP contribution >= 0.6 is 0 Å². The number of rotatable bonds is 43. The summed E-state index contributed by atoms with van der Waals surface area (Å²) in [4.78, 5) is 12.5. The highest BCUT2D eigenvalue weighted by atomic mass is 16.3. The van der Waals surface area contributed by atoms with Gasteiger partial charge in [-0.25, -0.2) is 0 Å². The molecule has 52 heavy (non-hydrogen) atoms. The molecule has 6 nitrogen and oxygen atoms in total. The lowest BCUT2D eigenvalue weighted by molar-refractivity contribution is -0.132. The van der Waals surface area contributed by atoms with Gasteiger partial charge < -0.3 is 25.7 Å². The number of unbranched alkanes of at least 4 members (excludes halogenated alkanes) is 34. The summed E-state index contributed by atoms with van der Waals surface area (Å²) in [6, 6.07) is -0.978. The number of carbonyl (C=O) groups is 1. The molecule has 4 unspecified atom stereocenters. The van der Waals surface area contributed by atoms with Gasteiger partial charge in [-0.1, -0.05) is 245 Å². The minimum atomic E-state index is -1.25. The van der Waals surface area contributed by atoms with E-state index in [2.05, 4.69) is 19.2 Å². The maximum Gasteiger partial charge on any atom is 0.249 e. The summed E-state index contributed by atoms with van der Waals surface area (Å²) in [5.41, 5.74) is 0. The topological polar surface area (TPSA) is 110 Å². The van der Waals surface area contributed by atoms with Gasteiger partial charge >= 0.3 is 0 Å². The molecule has 0 aliphatic rings. The zero-order valence-electron chi connectivity index (χ0n) is 35.1. The molecule has 0 saturated heterocycles. The molecular weight excluding hydrogens is 647 g/mol. The normalized spacial score (nSPS) is 14.0. The number of aliphatic hydroxyl groups excluding tert-OH is 4. The Bertz CT molecular complexity index is 706. The summed E-state index contributed by atoms with van der Waals surface area (Å²) in [5, 5.41) is 43.6. The zero-order chi connectivity index (χ0) is 38.2. The first-order valence-corrected chi connectivity index (χ1v) is 23.4. The largest absolute Gasteiger partial charge is 0.394 e. The molecule has 0 spiro atoms. The Morgan fingerprint density at radius 2 is 0.654 bits per heavy atom. The minimum Gasteiger partial charge on any atom is -0.394 e. The molecule has 0 aromatic carbocycles. The van der Waals surface area contributed by atoms with E-state index in [0.717, 1.165) is 38.5 Å². The summed E-state index contributed by atoms with van der Waals surface area (Å²) in [6.45, 7) is 4.05. The third-order valence-electron chi connectivity index (χ3n) is 11.3. The van der Waals surface area contributed by atoms with Gasteiger partial charge in [0.2, 0.25) is 5.91 Å². The van der Waals surface area contributed by atoms with Gasteiger partial charge in [-0.2, -0.15) is 0 Å². The molecule has 5 N–H and O–H groups in total.